The van der Waals surface area contributed by atoms with E-state index in [9.17, 15) is 0 Å². The number of rotatable bonds is 4. The first-order valence-corrected chi connectivity index (χ1v) is 4.44. The smallest absolute Gasteiger partial charge is 0.106 e. The van der Waals surface area contributed by atoms with E-state index in [4.69, 9.17) is 0 Å². The predicted molar refractivity (Wildman–Crippen MR) is 49.9 cm³/mol. The van der Waals surface area contributed by atoms with Crippen LogP contribution in [0, 0.1) is 17.8 Å². The third-order valence-corrected chi connectivity index (χ3v) is 1.87. The van der Waals surface area contributed by atoms with E-state index in [-0.39, 0.29) is 0 Å². The van der Waals surface area contributed by atoms with E-state index in [1.54, 1.807) is 6.21 Å². The molecule has 0 N–H and O–H groups in total. The van der Waals surface area contributed by atoms with Gasteiger partial charge in [0, 0.05) is 12.8 Å². The van der Waals surface area contributed by atoms with Crippen LogP contribution in [-0.2, 0) is 4.84 Å². The first kappa shape index (κ1) is 9.12. The van der Waals surface area contributed by atoms with E-state index in [2.05, 4.69) is 21.8 Å². The lowest BCUT2D eigenvalue weighted by Crippen LogP contribution is -1.75. The second-order valence-electron chi connectivity index (χ2n) is 3.01. The largest absolute Gasteiger partial charge is 0.399 e. The van der Waals surface area contributed by atoms with Gasteiger partial charge in [-0.1, -0.05) is 23.9 Å². The maximum Gasteiger partial charge on any atom is 0.106 e. The van der Waals surface area contributed by atoms with Gasteiger partial charge in [-0.2, -0.15) is 0 Å². The maximum absolute atomic E-state index is 4.50. The van der Waals surface area contributed by atoms with Crippen molar-refractivity contribution in [2.24, 2.45) is 11.1 Å². The highest BCUT2D eigenvalue weighted by Gasteiger charge is 2.19. The minimum absolute atomic E-state index is 0.707. The average molecular weight is 165 g/mol. The standard InChI is InChI=1S/C10H15NO/c1-12-11-9-5-3-2-4-6-10-7-8-10/h9-10H,4-8H2,1H3. The van der Waals surface area contributed by atoms with Crippen LogP contribution in [0.1, 0.15) is 32.1 Å². The molecular formula is C10H15NO. The molecule has 0 aliphatic heterocycles. The third-order valence-electron chi connectivity index (χ3n) is 1.87. The Bertz CT molecular complexity index is 196. The molecule has 1 rings (SSSR count). The van der Waals surface area contributed by atoms with Gasteiger partial charge in [0.05, 0.1) is 6.21 Å². The second-order valence-corrected chi connectivity index (χ2v) is 3.01. The van der Waals surface area contributed by atoms with Crippen molar-refractivity contribution >= 4 is 6.21 Å². The van der Waals surface area contributed by atoms with Gasteiger partial charge in [0.15, 0.2) is 0 Å². The Balaban J connectivity index is 1.91. The van der Waals surface area contributed by atoms with E-state index < -0.39 is 0 Å². The summed E-state index contributed by atoms with van der Waals surface area (Å²) in [6.07, 6.45) is 7.57. The van der Waals surface area contributed by atoms with Gasteiger partial charge in [0.1, 0.15) is 7.11 Å². The SMILES string of the molecule is CON=CCC#CCCC1CC1. The molecule has 2 heteroatoms. The number of nitrogens with zero attached hydrogens (tertiary/aromatic N) is 1. The lowest BCUT2D eigenvalue weighted by molar-refractivity contribution is 0.215. The molecular weight excluding hydrogens is 150 g/mol. The van der Waals surface area contributed by atoms with E-state index >= 15 is 0 Å². The Kier molecular flexibility index (Phi) is 4.30. The topological polar surface area (TPSA) is 21.6 Å². The highest BCUT2D eigenvalue weighted by atomic mass is 16.6. The van der Waals surface area contributed by atoms with Crippen molar-refractivity contribution in [1.29, 1.82) is 0 Å². The molecule has 0 bridgehead atoms. The van der Waals surface area contributed by atoms with Crippen molar-refractivity contribution in [3.8, 4) is 11.8 Å². The summed E-state index contributed by atoms with van der Waals surface area (Å²) in [5.41, 5.74) is 0. The molecule has 0 unspecified atom stereocenters. The summed E-state index contributed by atoms with van der Waals surface area (Å²) in [6.45, 7) is 0. The number of hydrogen-bond donors (Lipinski definition) is 0. The van der Waals surface area contributed by atoms with Gasteiger partial charge in [0.25, 0.3) is 0 Å². The summed E-state index contributed by atoms with van der Waals surface area (Å²) in [5, 5.41) is 3.59. The Morgan fingerprint density at radius 3 is 3.00 bits per heavy atom. The molecule has 66 valence electrons. The summed E-state index contributed by atoms with van der Waals surface area (Å²) in [5.74, 6) is 7.14. The molecule has 2 nitrogen and oxygen atoms in total. The van der Waals surface area contributed by atoms with Crippen LogP contribution in [0.4, 0.5) is 0 Å². The van der Waals surface area contributed by atoms with Crippen molar-refractivity contribution in [2.75, 3.05) is 7.11 Å². The highest BCUT2D eigenvalue weighted by Crippen LogP contribution is 2.33. The molecule has 1 aliphatic rings. The molecule has 1 saturated carbocycles. The molecule has 12 heavy (non-hydrogen) atoms. The van der Waals surface area contributed by atoms with E-state index in [1.165, 1.54) is 26.4 Å². The lowest BCUT2D eigenvalue weighted by atomic mass is 10.2. The molecule has 1 aliphatic carbocycles. The monoisotopic (exact) mass is 165 g/mol. The zero-order chi connectivity index (χ0) is 8.65. The molecule has 0 spiro atoms. The summed E-state index contributed by atoms with van der Waals surface area (Å²) < 4.78 is 0. The molecule has 0 atom stereocenters. The summed E-state index contributed by atoms with van der Waals surface area (Å²) >= 11 is 0. The molecule has 0 radical (unpaired) electrons. The lowest BCUT2D eigenvalue weighted by Gasteiger charge is -1.85. The Hall–Kier alpha value is -0.970. The van der Waals surface area contributed by atoms with Gasteiger partial charge >= 0.3 is 0 Å². The number of oxime groups is 1. The minimum Gasteiger partial charge on any atom is -0.399 e. The van der Waals surface area contributed by atoms with Crippen LogP contribution in [0.25, 0.3) is 0 Å². The van der Waals surface area contributed by atoms with Crippen LogP contribution in [0.2, 0.25) is 0 Å². The van der Waals surface area contributed by atoms with E-state index in [0.29, 0.717) is 6.42 Å². The van der Waals surface area contributed by atoms with Gasteiger partial charge in [0.2, 0.25) is 0 Å². The number of hydrogen-bond acceptors (Lipinski definition) is 2. The molecule has 0 aromatic heterocycles. The minimum atomic E-state index is 0.707. The summed E-state index contributed by atoms with van der Waals surface area (Å²) in [7, 11) is 1.54. The average Bonchev–Trinajstić information content (AvgIpc) is 2.87. The molecule has 1 fully saturated rings. The fraction of sp³-hybridized carbons (Fsp3) is 0.700. The fourth-order valence-corrected chi connectivity index (χ4v) is 1.00. The van der Waals surface area contributed by atoms with Crippen LogP contribution < -0.4 is 0 Å². The third kappa shape index (κ3) is 4.79. The fourth-order valence-electron chi connectivity index (χ4n) is 1.00. The van der Waals surface area contributed by atoms with Crippen molar-refractivity contribution in [2.45, 2.75) is 32.1 Å². The van der Waals surface area contributed by atoms with Crippen molar-refractivity contribution in [3.63, 3.8) is 0 Å². The molecule has 0 aromatic carbocycles. The highest BCUT2D eigenvalue weighted by molar-refractivity contribution is 5.60. The van der Waals surface area contributed by atoms with Gasteiger partial charge in [-0.15, -0.1) is 5.92 Å². The Morgan fingerprint density at radius 1 is 1.50 bits per heavy atom. The van der Waals surface area contributed by atoms with Gasteiger partial charge in [-0.3, -0.25) is 0 Å². The van der Waals surface area contributed by atoms with Gasteiger partial charge in [-0.05, 0) is 12.3 Å². The maximum atomic E-state index is 4.50. The van der Waals surface area contributed by atoms with E-state index in [1.807, 2.05) is 0 Å². The quantitative estimate of drug-likeness (QED) is 0.355. The van der Waals surface area contributed by atoms with Crippen LogP contribution in [0.3, 0.4) is 0 Å². The van der Waals surface area contributed by atoms with Crippen molar-refractivity contribution in [3.05, 3.63) is 0 Å². The predicted octanol–water partition coefficient (Wildman–Crippen LogP) is 2.20. The van der Waals surface area contributed by atoms with Gasteiger partial charge < -0.3 is 4.84 Å². The van der Waals surface area contributed by atoms with E-state index in [0.717, 1.165) is 12.3 Å². The molecule has 0 aromatic rings. The zero-order valence-electron chi connectivity index (χ0n) is 7.55. The van der Waals surface area contributed by atoms with Crippen LogP contribution in [0.15, 0.2) is 5.16 Å². The molecule has 0 amide bonds. The first-order chi connectivity index (χ1) is 5.93. The normalized spacial score (nSPS) is 15.8. The van der Waals surface area contributed by atoms with Crippen LogP contribution in [0.5, 0.6) is 0 Å². The first-order valence-electron chi connectivity index (χ1n) is 4.44. The van der Waals surface area contributed by atoms with Crippen molar-refractivity contribution in [1.82, 2.24) is 0 Å². The van der Waals surface area contributed by atoms with Crippen LogP contribution >= 0.6 is 0 Å². The molecule has 0 heterocycles. The summed E-state index contributed by atoms with van der Waals surface area (Å²) in [6, 6.07) is 0. The van der Waals surface area contributed by atoms with Gasteiger partial charge in [-0.25, -0.2) is 0 Å². The Morgan fingerprint density at radius 2 is 2.33 bits per heavy atom. The van der Waals surface area contributed by atoms with Crippen molar-refractivity contribution < 1.29 is 4.84 Å². The van der Waals surface area contributed by atoms with Crippen LogP contribution in [-0.4, -0.2) is 13.3 Å². The second kappa shape index (κ2) is 5.65. The molecule has 0 saturated heterocycles. The zero-order valence-corrected chi connectivity index (χ0v) is 7.55. The summed E-state index contributed by atoms with van der Waals surface area (Å²) in [4.78, 5) is 4.50. The Labute approximate surface area is 74.0 Å².